The van der Waals surface area contributed by atoms with Crippen molar-refractivity contribution in [3.05, 3.63) is 395 Å². The molecule has 7 aromatic heterocycles. The fourth-order valence-corrected chi connectivity index (χ4v) is 16.1. The maximum atomic E-state index is 10.1. The van der Waals surface area contributed by atoms with Gasteiger partial charge in [0, 0.05) is 106 Å². The number of aromatic nitrogens is 10. The Hall–Kier alpha value is -15.2. The molecule has 0 saturated heterocycles. The number of benzene rings is 14. The van der Waals surface area contributed by atoms with E-state index in [1.54, 1.807) is 18.2 Å². The van der Waals surface area contributed by atoms with E-state index in [2.05, 4.69) is 115 Å². The summed E-state index contributed by atoms with van der Waals surface area (Å²) in [5.74, 6) is 2.48. The summed E-state index contributed by atoms with van der Waals surface area (Å²) in [4.78, 5) is 33.5. The van der Waals surface area contributed by atoms with Crippen molar-refractivity contribution in [3.8, 4) is 119 Å². The van der Waals surface area contributed by atoms with Crippen LogP contribution in [0.1, 0.15) is 0 Å². The summed E-state index contributed by atoms with van der Waals surface area (Å²) in [5, 5.41) is 65.8. The number of nitrogens with zero attached hydrogens (tertiary/aromatic N) is 10. The molecule has 0 radical (unpaired) electrons. The predicted octanol–water partition coefficient (Wildman–Crippen LogP) is 18.2. The quantitative estimate of drug-likeness (QED) is 0.0526. The third-order valence-corrected chi connectivity index (χ3v) is 21.7. The van der Waals surface area contributed by atoms with E-state index in [4.69, 9.17) is 24.9 Å². The first-order valence-electron chi connectivity index (χ1n) is 39.3. The molecule has 0 aliphatic heterocycles. The average Bonchev–Trinajstić information content (AvgIpc) is 1.59. The second-order valence-electron chi connectivity index (χ2n) is 29.0. The summed E-state index contributed by atoms with van der Waals surface area (Å²) in [5.41, 5.74) is 23.5. The standard InChI is InChI=1S/2C34H24BN3O2.C33H23BN4O2/c39-35(40)28-15-9-17-32-33(28)27-14-7-8-16-31(27)38(32)26-20-18-25(19-21-26)34-36-29(23-10-3-1-4-11-23)22-30(37-34)24-12-5-2-6-13-24;39-35(40)29-9-7-13-33-34(29)28-8-1-2-12-32(28)38(33)27-16-14-23(15-17-27)24-20-25(30-10-3-5-18-36-30)22-26(21-24)31-11-4-6-19-37-31;39-34(40)27-15-9-17-29-30(27)26-14-7-8-16-28(26)38(29)25-20-18-24(19-21-25)33-36-31(22-10-3-1-4-11-22)35-32(37-33)23-12-5-2-6-13-23/h2*1-22,39-40H;1-21,39-40H. The van der Waals surface area contributed by atoms with Crippen LogP contribution in [0.3, 0.4) is 0 Å². The van der Waals surface area contributed by atoms with E-state index < -0.39 is 21.4 Å². The second-order valence-corrected chi connectivity index (χ2v) is 29.0. The van der Waals surface area contributed by atoms with Gasteiger partial charge < -0.3 is 43.8 Å². The molecule has 6 N–H and O–H groups in total. The van der Waals surface area contributed by atoms with Gasteiger partial charge in [-0.3, -0.25) is 9.97 Å². The molecule has 0 bridgehead atoms. The third kappa shape index (κ3) is 14.6. The molecule has 0 saturated carbocycles. The van der Waals surface area contributed by atoms with Crippen molar-refractivity contribution in [1.82, 2.24) is 48.6 Å². The minimum absolute atomic E-state index is 0.483. The van der Waals surface area contributed by atoms with Crippen LogP contribution in [-0.2, 0) is 0 Å². The zero-order valence-electron chi connectivity index (χ0n) is 64.4. The van der Waals surface area contributed by atoms with Gasteiger partial charge in [-0.05, 0) is 173 Å². The highest BCUT2D eigenvalue weighted by Crippen LogP contribution is 2.39. The summed E-state index contributed by atoms with van der Waals surface area (Å²) in [6.07, 6.45) is 3.62. The predicted molar refractivity (Wildman–Crippen MR) is 485 cm³/mol. The zero-order chi connectivity index (χ0) is 81.2. The molecule has 0 aliphatic carbocycles. The first-order valence-corrected chi connectivity index (χ1v) is 39.3. The molecule has 120 heavy (non-hydrogen) atoms. The minimum Gasteiger partial charge on any atom is -0.423 e. The lowest BCUT2D eigenvalue weighted by Crippen LogP contribution is -2.30. The van der Waals surface area contributed by atoms with Crippen molar-refractivity contribution < 1.29 is 30.1 Å². The number of hydrogen-bond donors (Lipinski definition) is 6. The molecule has 0 atom stereocenters. The van der Waals surface area contributed by atoms with E-state index in [1.807, 2.05) is 285 Å². The first-order chi connectivity index (χ1) is 59.0. The zero-order valence-corrected chi connectivity index (χ0v) is 64.4. The van der Waals surface area contributed by atoms with Crippen molar-refractivity contribution in [2.24, 2.45) is 0 Å². The number of rotatable bonds is 15. The van der Waals surface area contributed by atoms with E-state index >= 15 is 0 Å². The fourth-order valence-electron chi connectivity index (χ4n) is 16.1. The molecular weight excluding hydrogens is 1480 g/mol. The van der Waals surface area contributed by atoms with Crippen LogP contribution in [-0.4, -0.2) is 100 Å². The van der Waals surface area contributed by atoms with Gasteiger partial charge in [0.15, 0.2) is 23.3 Å². The molecule has 21 aromatic rings. The maximum absolute atomic E-state index is 10.1. The van der Waals surface area contributed by atoms with Gasteiger partial charge in [0.1, 0.15) is 0 Å². The Morgan fingerprint density at radius 3 is 0.792 bits per heavy atom. The van der Waals surface area contributed by atoms with Gasteiger partial charge in [-0.2, -0.15) is 0 Å². The Morgan fingerprint density at radius 1 is 0.192 bits per heavy atom. The minimum atomic E-state index is -1.56. The molecule has 570 valence electrons. The smallest absolute Gasteiger partial charge is 0.423 e. The lowest BCUT2D eigenvalue weighted by molar-refractivity contribution is 0.425. The van der Waals surface area contributed by atoms with Gasteiger partial charge in [0.2, 0.25) is 0 Å². The molecule has 0 spiro atoms. The van der Waals surface area contributed by atoms with Gasteiger partial charge in [-0.15, -0.1) is 0 Å². The summed E-state index contributed by atoms with van der Waals surface area (Å²) in [6.45, 7) is 0. The van der Waals surface area contributed by atoms with Crippen LogP contribution >= 0.6 is 0 Å². The van der Waals surface area contributed by atoms with Crippen LogP contribution in [0.4, 0.5) is 0 Å². The number of fused-ring (bicyclic) bond motifs is 9. The van der Waals surface area contributed by atoms with Gasteiger partial charge >= 0.3 is 21.4 Å². The lowest BCUT2D eigenvalue weighted by Gasteiger charge is -2.12. The molecule has 21 rings (SSSR count). The number of para-hydroxylation sites is 3. The molecular formula is C101H71B3N10O6. The van der Waals surface area contributed by atoms with E-state index in [1.165, 1.54) is 0 Å². The highest BCUT2D eigenvalue weighted by molar-refractivity contribution is 6.64. The summed E-state index contributed by atoms with van der Waals surface area (Å²) >= 11 is 0. The van der Waals surface area contributed by atoms with Crippen LogP contribution < -0.4 is 16.4 Å². The average molecular weight is 1550 g/mol. The monoisotopic (exact) mass is 1550 g/mol. The molecule has 16 nitrogen and oxygen atoms in total. The van der Waals surface area contributed by atoms with E-state index in [0.29, 0.717) is 39.7 Å². The summed E-state index contributed by atoms with van der Waals surface area (Å²) in [6, 6.07) is 126. The summed E-state index contributed by atoms with van der Waals surface area (Å²) in [7, 11) is -4.67. The molecule has 19 heteroatoms. The Balaban J connectivity index is 0.000000119. The van der Waals surface area contributed by atoms with Crippen LogP contribution in [0.15, 0.2) is 395 Å². The van der Waals surface area contributed by atoms with Gasteiger partial charge in [0.25, 0.3) is 0 Å². The lowest BCUT2D eigenvalue weighted by atomic mass is 9.77. The molecule has 7 heterocycles. The van der Waals surface area contributed by atoms with Crippen LogP contribution in [0.25, 0.3) is 184 Å². The van der Waals surface area contributed by atoms with Crippen molar-refractivity contribution in [3.63, 3.8) is 0 Å². The summed E-state index contributed by atoms with van der Waals surface area (Å²) < 4.78 is 6.46. The molecule has 0 amide bonds. The van der Waals surface area contributed by atoms with E-state index in [9.17, 15) is 30.1 Å². The Bertz CT molecular complexity index is 6430. The molecule has 0 aliphatic rings. The normalized spacial score (nSPS) is 11.2. The largest absolute Gasteiger partial charge is 0.489 e. The van der Waals surface area contributed by atoms with Crippen molar-refractivity contribution in [2.45, 2.75) is 0 Å². The van der Waals surface area contributed by atoms with Crippen LogP contribution in [0, 0.1) is 0 Å². The maximum Gasteiger partial charge on any atom is 0.489 e. The SMILES string of the molecule is OB(O)c1cccc2c1c1ccccc1n2-c1ccc(-c2cc(-c3ccccn3)cc(-c3ccccn3)c2)cc1.OB(O)c1cccc2c1c1ccccc1n2-c1ccc(-c2nc(-c3ccccc3)cc(-c3ccccc3)n2)cc1.OB(O)c1cccc2c1c1ccccc1n2-c1ccc(-c2nc(-c3ccccc3)nc(-c3ccccc3)n2)cc1. The van der Waals surface area contributed by atoms with Crippen molar-refractivity contribution in [2.75, 3.05) is 0 Å². The third-order valence-electron chi connectivity index (χ3n) is 21.7. The van der Waals surface area contributed by atoms with E-state index in [-0.39, 0.29) is 0 Å². The van der Waals surface area contributed by atoms with Crippen molar-refractivity contribution >= 4 is 103 Å². The van der Waals surface area contributed by atoms with Gasteiger partial charge in [0.05, 0.1) is 55.9 Å². The van der Waals surface area contributed by atoms with Crippen LogP contribution in [0.2, 0.25) is 0 Å². The molecule has 14 aromatic carbocycles. The topological polar surface area (TPSA) is 226 Å². The fraction of sp³-hybridized carbons (Fsp3) is 0. The molecule has 0 fully saturated rings. The van der Waals surface area contributed by atoms with Crippen LogP contribution in [0.5, 0.6) is 0 Å². The Labute approximate surface area is 691 Å². The number of hydrogen-bond acceptors (Lipinski definition) is 13. The van der Waals surface area contributed by atoms with Gasteiger partial charge in [-0.25, -0.2) is 24.9 Å². The highest BCUT2D eigenvalue weighted by atomic mass is 16.4. The first kappa shape index (κ1) is 74.9. The Morgan fingerprint density at radius 2 is 0.467 bits per heavy atom. The van der Waals surface area contributed by atoms with E-state index in [0.717, 1.165) is 161 Å². The van der Waals surface area contributed by atoms with Gasteiger partial charge in [-0.1, -0.05) is 237 Å². The second kappa shape index (κ2) is 32.8. The number of pyridine rings is 2. The van der Waals surface area contributed by atoms with Crippen molar-refractivity contribution in [1.29, 1.82) is 0 Å². The Kier molecular flexibility index (Phi) is 20.5. The molecule has 0 unspecified atom stereocenters. The highest BCUT2D eigenvalue weighted by Gasteiger charge is 2.26.